The van der Waals surface area contributed by atoms with E-state index in [4.69, 9.17) is 28.5 Å². The van der Waals surface area contributed by atoms with E-state index >= 15 is 0 Å². The molecule has 0 aliphatic heterocycles. The van der Waals surface area contributed by atoms with Crippen molar-refractivity contribution >= 4 is 23.2 Å². The van der Waals surface area contributed by atoms with E-state index in [1.165, 1.54) is 6.07 Å². The third-order valence-electron chi connectivity index (χ3n) is 2.37. The first kappa shape index (κ1) is 9.70. The fraction of sp³-hybridized carbons (Fsp3) is 0.333. The van der Waals surface area contributed by atoms with Crippen molar-refractivity contribution in [1.82, 2.24) is 4.98 Å². The van der Waals surface area contributed by atoms with Crippen LogP contribution in [0.1, 0.15) is 18.4 Å². The maximum absolute atomic E-state index is 13.1. The Bertz CT molecular complexity index is 435. The lowest BCUT2D eigenvalue weighted by atomic mass is 10.00. The van der Waals surface area contributed by atoms with Crippen molar-refractivity contribution in [1.29, 1.82) is 5.26 Å². The highest BCUT2D eigenvalue weighted by molar-refractivity contribution is 6.33. The average Bonchev–Trinajstić information content (AvgIpc) is 2.92. The molecule has 0 bridgehead atoms. The summed E-state index contributed by atoms with van der Waals surface area (Å²) in [7, 11) is 0. The summed E-state index contributed by atoms with van der Waals surface area (Å²) in [6.45, 7) is 0. The van der Waals surface area contributed by atoms with Crippen molar-refractivity contribution in [3.63, 3.8) is 0 Å². The number of pyridine rings is 1. The second-order valence-electron chi connectivity index (χ2n) is 3.29. The second-order valence-corrected chi connectivity index (χ2v) is 4.01. The van der Waals surface area contributed by atoms with Gasteiger partial charge in [0.1, 0.15) is 5.15 Å². The minimum Gasteiger partial charge on any atom is -0.221 e. The van der Waals surface area contributed by atoms with Crippen molar-refractivity contribution < 1.29 is 4.39 Å². The number of nitrogens with zero attached hydrogens (tertiary/aromatic N) is 2. The lowest BCUT2D eigenvalue weighted by Gasteiger charge is -2.08. The van der Waals surface area contributed by atoms with E-state index in [1.807, 2.05) is 0 Å². The van der Waals surface area contributed by atoms with Crippen LogP contribution in [0.25, 0.3) is 0 Å². The van der Waals surface area contributed by atoms with Crippen molar-refractivity contribution in [2.75, 3.05) is 0 Å². The SMILES string of the molecule is N#CC1(c2cc(F)c(Cl)nc2Cl)CC1. The van der Waals surface area contributed by atoms with E-state index in [1.54, 1.807) is 0 Å². The zero-order chi connectivity index (χ0) is 10.3. The summed E-state index contributed by atoms with van der Waals surface area (Å²) in [4.78, 5) is 3.63. The Morgan fingerprint density at radius 1 is 1.43 bits per heavy atom. The summed E-state index contributed by atoms with van der Waals surface area (Å²) in [6.07, 6.45) is 1.40. The number of rotatable bonds is 1. The van der Waals surface area contributed by atoms with Gasteiger partial charge in [-0.3, -0.25) is 0 Å². The van der Waals surface area contributed by atoms with Crippen LogP contribution in [0.4, 0.5) is 4.39 Å². The minimum absolute atomic E-state index is 0.121. The van der Waals surface area contributed by atoms with Crippen LogP contribution in [0.3, 0.4) is 0 Å². The quantitative estimate of drug-likeness (QED) is 0.696. The van der Waals surface area contributed by atoms with Gasteiger partial charge >= 0.3 is 0 Å². The Balaban J connectivity index is 2.55. The van der Waals surface area contributed by atoms with E-state index in [-0.39, 0.29) is 10.3 Å². The zero-order valence-corrected chi connectivity index (χ0v) is 8.53. The molecule has 1 aromatic rings. The summed E-state index contributed by atoms with van der Waals surface area (Å²) < 4.78 is 13.1. The molecule has 0 saturated heterocycles. The molecular weight excluding hydrogens is 226 g/mol. The molecule has 0 spiro atoms. The van der Waals surface area contributed by atoms with E-state index in [9.17, 15) is 4.39 Å². The summed E-state index contributed by atoms with van der Waals surface area (Å²) in [5.74, 6) is -0.632. The molecule has 1 aromatic heterocycles. The Morgan fingerprint density at radius 2 is 2.07 bits per heavy atom. The van der Waals surface area contributed by atoms with E-state index < -0.39 is 11.2 Å². The van der Waals surface area contributed by atoms with Crippen LogP contribution in [0, 0.1) is 17.1 Å². The number of halogens is 3. The Morgan fingerprint density at radius 3 is 2.57 bits per heavy atom. The molecule has 0 N–H and O–H groups in total. The molecule has 0 atom stereocenters. The van der Waals surface area contributed by atoms with E-state index in [0.29, 0.717) is 18.4 Å². The van der Waals surface area contributed by atoms with Gasteiger partial charge in [-0.25, -0.2) is 9.37 Å². The van der Waals surface area contributed by atoms with Gasteiger partial charge in [-0.2, -0.15) is 5.26 Å². The van der Waals surface area contributed by atoms with Gasteiger partial charge in [-0.15, -0.1) is 0 Å². The molecular formula is C9H5Cl2FN2. The van der Waals surface area contributed by atoms with Gasteiger partial charge in [0.05, 0.1) is 11.5 Å². The molecule has 72 valence electrons. The molecule has 0 aromatic carbocycles. The van der Waals surface area contributed by atoms with Crippen LogP contribution in [0.15, 0.2) is 6.07 Å². The highest BCUT2D eigenvalue weighted by Gasteiger charge is 2.47. The molecule has 1 aliphatic carbocycles. The van der Waals surface area contributed by atoms with Crippen LogP contribution in [-0.2, 0) is 5.41 Å². The largest absolute Gasteiger partial charge is 0.221 e. The zero-order valence-electron chi connectivity index (χ0n) is 7.02. The fourth-order valence-electron chi connectivity index (χ4n) is 1.35. The van der Waals surface area contributed by atoms with Crippen LogP contribution >= 0.6 is 23.2 Å². The van der Waals surface area contributed by atoms with E-state index in [2.05, 4.69) is 11.1 Å². The summed E-state index contributed by atoms with van der Waals surface area (Å²) in [6, 6.07) is 3.32. The highest BCUT2D eigenvalue weighted by Crippen LogP contribution is 2.49. The Hall–Kier alpha value is -0.850. The number of hydrogen-bond donors (Lipinski definition) is 0. The predicted octanol–water partition coefficient (Wildman–Crippen LogP) is 3.08. The van der Waals surface area contributed by atoms with Crippen LogP contribution in [-0.4, -0.2) is 4.98 Å². The first-order valence-corrected chi connectivity index (χ1v) is 4.78. The average molecular weight is 231 g/mol. The maximum atomic E-state index is 13.1. The van der Waals surface area contributed by atoms with Gasteiger partial charge in [0, 0.05) is 5.56 Å². The van der Waals surface area contributed by atoms with Gasteiger partial charge in [0.2, 0.25) is 0 Å². The second kappa shape index (κ2) is 3.08. The lowest BCUT2D eigenvalue weighted by molar-refractivity contribution is 0.617. The molecule has 0 unspecified atom stereocenters. The lowest BCUT2D eigenvalue weighted by Crippen LogP contribution is -2.05. The van der Waals surface area contributed by atoms with Crippen molar-refractivity contribution in [3.8, 4) is 6.07 Å². The Kier molecular flexibility index (Phi) is 2.13. The van der Waals surface area contributed by atoms with Crippen LogP contribution in [0.5, 0.6) is 0 Å². The normalized spacial score (nSPS) is 17.6. The topological polar surface area (TPSA) is 36.7 Å². The summed E-state index contributed by atoms with van der Waals surface area (Å²) >= 11 is 11.2. The van der Waals surface area contributed by atoms with Gasteiger partial charge in [-0.1, -0.05) is 23.2 Å². The Labute approximate surface area is 90.3 Å². The molecule has 14 heavy (non-hydrogen) atoms. The third kappa shape index (κ3) is 1.35. The van der Waals surface area contributed by atoms with Crippen molar-refractivity contribution in [2.45, 2.75) is 18.3 Å². The molecule has 1 fully saturated rings. The predicted molar refractivity (Wildman–Crippen MR) is 50.7 cm³/mol. The van der Waals surface area contributed by atoms with Gasteiger partial charge < -0.3 is 0 Å². The molecule has 0 amide bonds. The first-order valence-electron chi connectivity index (χ1n) is 4.02. The van der Waals surface area contributed by atoms with Gasteiger partial charge in [-0.05, 0) is 18.9 Å². The minimum atomic E-state index is -0.632. The van der Waals surface area contributed by atoms with E-state index in [0.717, 1.165) is 0 Å². The molecule has 5 heteroatoms. The number of nitriles is 1. The number of hydrogen-bond acceptors (Lipinski definition) is 2. The van der Waals surface area contributed by atoms with Crippen LogP contribution < -0.4 is 0 Å². The first-order chi connectivity index (χ1) is 6.59. The van der Waals surface area contributed by atoms with Gasteiger partial charge in [0.25, 0.3) is 0 Å². The maximum Gasteiger partial charge on any atom is 0.166 e. The molecule has 1 heterocycles. The highest BCUT2D eigenvalue weighted by atomic mass is 35.5. The summed E-state index contributed by atoms with van der Waals surface area (Å²) in [5.41, 5.74) is -0.182. The number of aromatic nitrogens is 1. The van der Waals surface area contributed by atoms with Gasteiger partial charge in [0.15, 0.2) is 11.0 Å². The third-order valence-corrected chi connectivity index (χ3v) is 2.92. The van der Waals surface area contributed by atoms with Crippen molar-refractivity contribution in [2.24, 2.45) is 0 Å². The molecule has 1 aliphatic rings. The smallest absolute Gasteiger partial charge is 0.166 e. The summed E-state index contributed by atoms with van der Waals surface area (Å²) in [5, 5.41) is 8.77. The molecule has 2 nitrogen and oxygen atoms in total. The molecule has 0 radical (unpaired) electrons. The fourth-order valence-corrected chi connectivity index (χ4v) is 1.85. The molecule has 1 saturated carbocycles. The molecule has 2 rings (SSSR count). The standard InChI is InChI=1S/C9H5Cl2FN2/c10-7-5(9(4-13)1-2-9)3-6(12)8(11)14-7/h3H,1-2H2. The monoisotopic (exact) mass is 230 g/mol. The van der Waals surface area contributed by atoms with Crippen molar-refractivity contribution in [3.05, 3.63) is 27.8 Å². The van der Waals surface area contributed by atoms with Crippen LogP contribution in [0.2, 0.25) is 10.3 Å².